The van der Waals surface area contributed by atoms with Gasteiger partial charge in [0.25, 0.3) is 5.91 Å². The van der Waals surface area contributed by atoms with Crippen LogP contribution in [0.1, 0.15) is 55.0 Å². The van der Waals surface area contributed by atoms with E-state index in [9.17, 15) is 4.79 Å². The number of para-hydroxylation sites is 1. The Hall–Kier alpha value is -2.43. The first kappa shape index (κ1) is 17.4. The van der Waals surface area contributed by atoms with Gasteiger partial charge in [0.1, 0.15) is 17.3 Å². The van der Waals surface area contributed by atoms with Gasteiger partial charge in [0.15, 0.2) is 0 Å². The molecule has 0 saturated heterocycles. The highest BCUT2D eigenvalue weighted by Gasteiger charge is 2.32. The smallest absolute Gasteiger partial charge is 0.277 e. The molecule has 5 nitrogen and oxygen atoms in total. The van der Waals surface area contributed by atoms with E-state index in [0.717, 1.165) is 30.9 Å². The van der Waals surface area contributed by atoms with Gasteiger partial charge in [0, 0.05) is 24.3 Å². The van der Waals surface area contributed by atoms with Crippen LogP contribution in [0.3, 0.4) is 0 Å². The predicted molar refractivity (Wildman–Crippen MR) is 101 cm³/mol. The number of hydrogen-bond acceptors (Lipinski definition) is 4. The van der Waals surface area contributed by atoms with Crippen molar-refractivity contribution in [3.63, 3.8) is 0 Å². The number of hydrogen-bond donors (Lipinski definition) is 1. The largest absolute Gasteiger partial charge is 0.370 e. The SMILES string of the molecule is CCCCCNc1cc(C(=O)N2c3ccccc3CC2C)nc(C)n1. The summed E-state index contributed by atoms with van der Waals surface area (Å²) in [5.41, 5.74) is 2.66. The van der Waals surface area contributed by atoms with E-state index in [4.69, 9.17) is 0 Å². The van der Waals surface area contributed by atoms with Gasteiger partial charge in [0.2, 0.25) is 0 Å². The molecule has 0 bridgehead atoms. The third kappa shape index (κ3) is 3.81. The molecule has 2 aromatic rings. The van der Waals surface area contributed by atoms with Gasteiger partial charge in [-0.1, -0.05) is 38.0 Å². The van der Waals surface area contributed by atoms with Gasteiger partial charge >= 0.3 is 0 Å². The summed E-state index contributed by atoms with van der Waals surface area (Å²) in [4.78, 5) is 23.8. The number of benzene rings is 1. The summed E-state index contributed by atoms with van der Waals surface area (Å²) in [5.74, 6) is 1.29. The highest BCUT2D eigenvalue weighted by Crippen LogP contribution is 2.32. The van der Waals surface area contributed by atoms with Crippen molar-refractivity contribution in [3.05, 3.63) is 47.4 Å². The van der Waals surface area contributed by atoms with E-state index in [1.807, 2.05) is 30.0 Å². The summed E-state index contributed by atoms with van der Waals surface area (Å²) in [5, 5.41) is 3.31. The number of aromatic nitrogens is 2. The zero-order valence-corrected chi connectivity index (χ0v) is 15.2. The lowest BCUT2D eigenvalue weighted by atomic mass is 10.1. The van der Waals surface area contributed by atoms with Crippen molar-refractivity contribution in [2.75, 3.05) is 16.8 Å². The Morgan fingerprint density at radius 3 is 2.88 bits per heavy atom. The topological polar surface area (TPSA) is 58.1 Å². The monoisotopic (exact) mass is 338 g/mol. The minimum Gasteiger partial charge on any atom is -0.370 e. The molecule has 5 heteroatoms. The summed E-state index contributed by atoms with van der Waals surface area (Å²) in [7, 11) is 0. The second-order valence-corrected chi connectivity index (χ2v) is 6.68. The Labute approximate surface area is 149 Å². The predicted octanol–water partition coefficient (Wildman–Crippen LogP) is 3.98. The summed E-state index contributed by atoms with van der Waals surface area (Å²) in [6, 6.07) is 10.0. The Kier molecular flexibility index (Phi) is 5.31. The molecule has 1 aliphatic rings. The maximum Gasteiger partial charge on any atom is 0.277 e. The van der Waals surface area contributed by atoms with Gasteiger partial charge in [-0.15, -0.1) is 0 Å². The van der Waals surface area contributed by atoms with E-state index in [2.05, 4.69) is 35.2 Å². The fourth-order valence-electron chi connectivity index (χ4n) is 3.36. The Morgan fingerprint density at radius 1 is 1.28 bits per heavy atom. The van der Waals surface area contributed by atoms with Gasteiger partial charge in [-0.2, -0.15) is 0 Å². The van der Waals surface area contributed by atoms with Crippen molar-refractivity contribution in [2.24, 2.45) is 0 Å². The molecule has 1 N–H and O–H groups in total. The molecule has 1 amide bonds. The first-order valence-corrected chi connectivity index (χ1v) is 9.11. The molecule has 0 spiro atoms. The van der Waals surface area contributed by atoms with E-state index >= 15 is 0 Å². The first-order chi connectivity index (χ1) is 12.1. The lowest BCUT2D eigenvalue weighted by Gasteiger charge is -2.22. The van der Waals surface area contributed by atoms with Gasteiger partial charge in [-0.25, -0.2) is 9.97 Å². The number of amides is 1. The number of nitrogens with one attached hydrogen (secondary N) is 1. The quantitative estimate of drug-likeness (QED) is 0.810. The van der Waals surface area contributed by atoms with Crippen LogP contribution in [0.15, 0.2) is 30.3 Å². The van der Waals surface area contributed by atoms with E-state index in [1.165, 1.54) is 18.4 Å². The molecule has 25 heavy (non-hydrogen) atoms. The number of nitrogens with zero attached hydrogens (tertiary/aromatic N) is 3. The van der Waals surface area contributed by atoms with Gasteiger partial charge in [-0.3, -0.25) is 4.79 Å². The van der Waals surface area contributed by atoms with Crippen LogP contribution in [0.5, 0.6) is 0 Å². The first-order valence-electron chi connectivity index (χ1n) is 9.11. The van der Waals surface area contributed by atoms with Crippen LogP contribution in [-0.2, 0) is 6.42 Å². The standard InChI is InChI=1S/C20H26N4O/c1-4-5-8-11-21-19-13-17(22-15(3)23-19)20(25)24-14(2)12-16-9-6-7-10-18(16)24/h6-7,9-10,13-14H,4-5,8,11-12H2,1-3H3,(H,21,22,23). The van der Waals surface area contributed by atoms with Crippen LogP contribution in [0.25, 0.3) is 0 Å². The van der Waals surface area contributed by atoms with Gasteiger partial charge < -0.3 is 10.2 Å². The number of carbonyl (C=O) groups excluding carboxylic acids is 1. The van der Waals surface area contributed by atoms with Crippen LogP contribution >= 0.6 is 0 Å². The van der Waals surface area contributed by atoms with Crippen molar-refractivity contribution >= 4 is 17.4 Å². The third-order valence-corrected chi connectivity index (χ3v) is 4.57. The average Bonchev–Trinajstić information content (AvgIpc) is 2.93. The van der Waals surface area contributed by atoms with E-state index in [0.29, 0.717) is 11.5 Å². The molecule has 132 valence electrons. The maximum atomic E-state index is 13.1. The molecule has 0 radical (unpaired) electrons. The van der Waals surface area contributed by atoms with E-state index < -0.39 is 0 Å². The Balaban J connectivity index is 1.81. The van der Waals surface area contributed by atoms with Crippen LogP contribution in [-0.4, -0.2) is 28.5 Å². The van der Waals surface area contributed by atoms with Crippen LogP contribution in [0.4, 0.5) is 11.5 Å². The second kappa shape index (κ2) is 7.64. The Bertz CT molecular complexity index is 759. The fourth-order valence-corrected chi connectivity index (χ4v) is 3.36. The normalized spacial score (nSPS) is 16.0. The molecular formula is C20H26N4O. The van der Waals surface area contributed by atoms with Crippen molar-refractivity contribution in [1.82, 2.24) is 9.97 Å². The molecule has 1 atom stereocenters. The van der Waals surface area contributed by atoms with Crippen LogP contribution in [0.2, 0.25) is 0 Å². The summed E-state index contributed by atoms with van der Waals surface area (Å²) in [6.45, 7) is 6.95. The number of carbonyl (C=O) groups is 1. The molecular weight excluding hydrogens is 312 g/mol. The number of rotatable bonds is 6. The van der Waals surface area contributed by atoms with Crippen molar-refractivity contribution in [2.45, 2.75) is 52.5 Å². The average molecular weight is 338 g/mol. The number of unbranched alkanes of at least 4 members (excludes halogenated alkanes) is 2. The number of fused-ring (bicyclic) bond motifs is 1. The zero-order chi connectivity index (χ0) is 17.8. The van der Waals surface area contributed by atoms with Gasteiger partial charge in [0.05, 0.1) is 0 Å². The molecule has 1 unspecified atom stereocenters. The van der Waals surface area contributed by atoms with Crippen molar-refractivity contribution in [3.8, 4) is 0 Å². The minimum absolute atomic E-state index is 0.0560. The summed E-state index contributed by atoms with van der Waals surface area (Å²) < 4.78 is 0. The maximum absolute atomic E-state index is 13.1. The molecule has 0 saturated carbocycles. The molecule has 1 aliphatic heterocycles. The zero-order valence-electron chi connectivity index (χ0n) is 15.2. The highest BCUT2D eigenvalue weighted by atomic mass is 16.2. The molecule has 1 aromatic heterocycles. The van der Waals surface area contributed by atoms with Gasteiger partial charge in [-0.05, 0) is 38.3 Å². The fraction of sp³-hybridized carbons (Fsp3) is 0.450. The summed E-state index contributed by atoms with van der Waals surface area (Å²) in [6.07, 6.45) is 4.35. The highest BCUT2D eigenvalue weighted by molar-refractivity contribution is 6.06. The second-order valence-electron chi connectivity index (χ2n) is 6.68. The number of anilines is 2. The van der Waals surface area contributed by atoms with Crippen molar-refractivity contribution in [1.29, 1.82) is 0 Å². The van der Waals surface area contributed by atoms with E-state index in [-0.39, 0.29) is 11.9 Å². The van der Waals surface area contributed by atoms with Crippen LogP contribution < -0.4 is 10.2 Å². The lowest BCUT2D eigenvalue weighted by Crippen LogP contribution is -2.36. The Morgan fingerprint density at radius 2 is 2.08 bits per heavy atom. The summed E-state index contributed by atoms with van der Waals surface area (Å²) >= 11 is 0. The molecule has 0 fully saturated rings. The lowest BCUT2D eigenvalue weighted by molar-refractivity contribution is 0.0976. The third-order valence-electron chi connectivity index (χ3n) is 4.57. The molecule has 2 heterocycles. The molecule has 1 aromatic carbocycles. The molecule has 0 aliphatic carbocycles. The minimum atomic E-state index is -0.0560. The van der Waals surface area contributed by atoms with Crippen LogP contribution in [0, 0.1) is 6.92 Å². The van der Waals surface area contributed by atoms with Crippen molar-refractivity contribution < 1.29 is 4.79 Å². The number of aryl methyl sites for hydroxylation is 1. The molecule has 3 rings (SSSR count). The van der Waals surface area contributed by atoms with E-state index in [1.54, 1.807) is 6.07 Å².